The maximum Gasteiger partial charge on any atom is 0.277 e. The van der Waals surface area contributed by atoms with Crippen molar-refractivity contribution in [2.45, 2.75) is 6.92 Å². The highest BCUT2D eigenvalue weighted by atomic mass is 35.5. The van der Waals surface area contributed by atoms with Gasteiger partial charge in [0.1, 0.15) is 5.76 Å². The van der Waals surface area contributed by atoms with E-state index in [4.69, 9.17) is 27.7 Å². The van der Waals surface area contributed by atoms with Gasteiger partial charge in [-0.15, -0.1) is 0 Å². The number of aromatic nitrogens is 3. The third-order valence-corrected chi connectivity index (χ3v) is 3.94. The first kappa shape index (κ1) is 15.6. The monoisotopic (exact) mass is 350 g/mol. The molecule has 2 aromatic heterocycles. The third kappa shape index (κ3) is 3.23. The van der Waals surface area contributed by atoms with Crippen LogP contribution in [0.15, 0.2) is 34.9 Å². The van der Waals surface area contributed by atoms with Gasteiger partial charge in [-0.05, 0) is 25.1 Å². The quantitative estimate of drug-likeness (QED) is 0.776. The molecule has 8 heteroatoms. The van der Waals surface area contributed by atoms with Crippen LogP contribution >= 0.6 is 23.2 Å². The zero-order valence-corrected chi connectivity index (χ0v) is 13.8. The highest BCUT2D eigenvalue weighted by molar-refractivity contribution is 6.42. The molecule has 1 N–H and O–H groups in total. The number of benzene rings is 1. The number of aryl methyl sites for hydroxylation is 2. The minimum Gasteiger partial charge on any atom is -0.360 e. The minimum absolute atomic E-state index is 0.259. The summed E-state index contributed by atoms with van der Waals surface area (Å²) in [5, 5.41) is 11.5. The molecular weight excluding hydrogens is 339 g/mol. The van der Waals surface area contributed by atoms with E-state index in [-0.39, 0.29) is 11.6 Å². The van der Waals surface area contributed by atoms with Gasteiger partial charge in [-0.25, -0.2) is 0 Å². The molecule has 0 aliphatic carbocycles. The molecular formula is C15H12Cl2N4O2. The molecule has 2 heterocycles. The maximum absolute atomic E-state index is 12.2. The smallest absolute Gasteiger partial charge is 0.277 e. The Bertz CT molecular complexity index is 885. The molecule has 0 fully saturated rings. The number of carbonyl (C=O) groups excluding carboxylic acids is 1. The molecule has 0 aliphatic heterocycles. The van der Waals surface area contributed by atoms with Gasteiger partial charge in [0.15, 0.2) is 11.5 Å². The average molecular weight is 351 g/mol. The Kier molecular flexibility index (Phi) is 4.11. The third-order valence-electron chi connectivity index (χ3n) is 3.20. The topological polar surface area (TPSA) is 73.0 Å². The SMILES string of the molecule is Cc1cc(NC(=O)c2cc(-c3ccc(Cl)c(Cl)c3)n(C)n2)no1. The zero-order chi connectivity index (χ0) is 16.6. The van der Waals surface area contributed by atoms with Gasteiger partial charge in [0.2, 0.25) is 0 Å². The van der Waals surface area contributed by atoms with E-state index in [9.17, 15) is 4.79 Å². The summed E-state index contributed by atoms with van der Waals surface area (Å²) in [5.41, 5.74) is 1.81. The predicted octanol–water partition coefficient (Wildman–Crippen LogP) is 3.94. The second-order valence-corrected chi connectivity index (χ2v) is 5.76. The lowest BCUT2D eigenvalue weighted by Gasteiger charge is -2.03. The molecule has 0 saturated heterocycles. The number of rotatable bonds is 3. The van der Waals surface area contributed by atoms with Crippen molar-refractivity contribution in [3.63, 3.8) is 0 Å². The molecule has 1 aromatic carbocycles. The fourth-order valence-corrected chi connectivity index (χ4v) is 2.41. The molecule has 0 bridgehead atoms. The van der Waals surface area contributed by atoms with E-state index in [2.05, 4.69) is 15.6 Å². The van der Waals surface area contributed by atoms with Crippen LogP contribution in [0.5, 0.6) is 0 Å². The van der Waals surface area contributed by atoms with E-state index >= 15 is 0 Å². The Labute approximate surface area is 142 Å². The highest BCUT2D eigenvalue weighted by Gasteiger charge is 2.16. The van der Waals surface area contributed by atoms with Crippen LogP contribution in [0.4, 0.5) is 5.82 Å². The van der Waals surface area contributed by atoms with Crippen LogP contribution in [0.1, 0.15) is 16.2 Å². The van der Waals surface area contributed by atoms with E-state index in [0.29, 0.717) is 21.6 Å². The van der Waals surface area contributed by atoms with Crippen LogP contribution < -0.4 is 5.32 Å². The molecule has 0 spiro atoms. The van der Waals surface area contributed by atoms with Gasteiger partial charge >= 0.3 is 0 Å². The van der Waals surface area contributed by atoms with Crippen molar-refractivity contribution in [2.75, 3.05) is 5.32 Å². The lowest BCUT2D eigenvalue weighted by molar-refractivity contribution is 0.102. The van der Waals surface area contributed by atoms with Crippen molar-refractivity contribution in [3.8, 4) is 11.3 Å². The Morgan fingerprint density at radius 1 is 1.22 bits per heavy atom. The van der Waals surface area contributed by atoms with Gasteiger partial charge in [-0.3, -0.25) is 9.48 Å². The summed E-state index contributed by atoms with van der Waals surface area (Å²) < 4.78 is 6.51. The number of amides is 1. The molecule has 6 nitrogen and oxygen atoms in total. The second-order valence-electron chi connectivity index (χ2n) is 4.94. The molecule has 0 atom stereocenters. The van der Waals surface area contributed by atoms with Crippen molar-refractivity contribution in [1.29, 1.82) is 0 Å². The highest BCUT2D eigenvalue weighted by Crippen LogP contribution is 2.28. The van der Waals surface area contributed by atoms with Crippen molar-refractivity contribution in [3.05, 3.63) is 51.8 Å². The lowest BCUT2D eigenvalue weighted by atomic mass is 10.1. The molecule has 0 unspecified atom stereocenters. The minimum atomic E-state index is -0.375. The van der Waals surface area contributed by atoms with Crippen LogP contribution in [-0.4, -0.2) is 20.8 Å². The molecule has 118 valence electrons. The summed E-state index contributed by atoms with van der Waals surface area (Å²) in [6, 6.07) is 8.53. The summed E-state index contributed by atoms with van der Waals surface area (Å²) in [5.74, 6) is 0.576. The van der Waals surface area contributed by atoms with Gasteiger partial charge in [-0.1, -0.05) is 34.4 Å². The Morgan fingerprint density at radius 2 is 2.00 bits per heavy atom. The van der Waals surface area contributed by atoms with E-state index in [1.165, 1.54) is 0 Å². The van der Waals surface area contributed by atoms with Gasteiger partial charge in [0.05, 0.1) is 15.7 Å². The molecule has 23 heavy (non-hydrogen) atoms. The molecule has 3 rings (SSSR count). The van der Waals surface area contributed by atoms with E-state index < -0.39 is 0 Å². The van der Waals surface area contributed by atoms with Crippen LogP contribution in [0, 0.1) is 6.92 Å². The second kappa shape index (κ2) is 6.06. The maximum atomic E-state index is 12.2. The first-order valence-electron chi connectivity index (χ1n) is 6.68. The van der Waals surface area contributed by atoms with Crippen molar-refractivity contribution in [1.82, 2.24) is 14.9 Å². The number of hydrogen-bond acceptors (Lipinski definition) is 4. The number of hydrogen-bond donors (Lipinski definition) is 1. The first-order valence-corrected chi connectivity index (χ1v) is 7.44. The number of carbonyl (C=O) groups is 1. The largest absolute Gasteiger partial charge is 0.360 e. The summed E-state index contributed by atoms with van der Waals surface area (Å²) >= 11 is 12.0. The van der Waals surface area contributed by atoms with Crippen molar-refractivity contribution >= 4 is 34.9 Å². The normalized spacial score (nSPS) is 10.8. The predicted molar refractivity (Wildman–Crippen MR) is 87.9 cm³/mol. The molecule has 3 aromatic rings. The van der Waals surface area contributed by atoms with Gasteiger partial charge in [-0.2, -0.15) is 5.10 Å². The number of halogens is 2. The number of anilines is 1. The standard InChI is InChI=1S/C15H12Cl2N4O2/c1-8-5-14(20-23-8)18-15(22)12-7-13(21(2)19-12)9-3-4-10(16)11(17)6-9/h3-7H,1-2H3,(H,18,20,22). The average Bonchev–Trinajstić information content (AvgIpc) is 3.08. The van der Waals surface area contributed by atoms with Crippen LogP contribution in [-0.2, 0) is 7.05 Å². The van der Waals surface area contributed by atoms with Gasteiger partial charge in [0.25, 0.3) is 5.91 Å². The molecule has 0 radical (unpaired) electrons. The van der Waals surface area contributed by atoms with Crippen LogP contribution in [0.2, 0.25) is 10.0 Å². The van der Waals surface area contributed by atoms with Crippen LogP contribution in [0.3, 0.4) is 0 Å². The fourth-order valence-electron chi connectivity index (χ4n) is 2.11. The van der Waals surface area contributed by atoms with Gasteiger partial charge < -0.3 is 9.84 Å². The first-order chi connectivity index (χ1) is 10.9. The Hall–Kier alpha value is -2.31. The van der Waals surface area contributed by atoms with Gasteiger partial charge in [0, 0.05) is 18.7 Å². The van der Waals surface area contributed by atoms with E-state index in [1.807, 2.05) is 6.07 Å². The Morgan fingerprint density at radius 3 is 2.65 bits per heavy atom. The summed E-state index contributed by atoms with van der Waals surface area (Å²) in [6.45, 7) is 1.74. The number of nitrogens with one attached hydrogen (secondary N) is 1. The summed E-state index contributed by atoms with van der Waals surface area (Å²) in [7, 11) is 1.74. The number of nitrogens with zero attached hydrogens (tertiary/aromatic N) is 3. The Balaban J connectivity index is 1.88. The zero-order valence-electron chi connectivity index (χ0n) is 12.3. The van der Waals surface area contributed by atoms with Crippen molar-refractivity contribution < 1.29 is 9.32 Å². The lowest BCUT2D eigenvalue weighted by Crippen LogP contribution is -2.13. The molecule has 1 amide bonds. The van der Waals surface area contributed by atoms with E-state index in [1.54, 1.807) is 42.9 Å². The molecule has 0 saturated carbocycles. The summed E-state index contributed by atoms with van der Waals surface area (Å²) in [6.07, 6.45) is 0. The van der Waals surface area contributed by atoms with Crippen LogP contribution in [0.25, 0.3) is 11.3 Å². The fraction of sp³-hybridized carbons (Fsp3) is 0.133. The summed E-state index contributed by atoms with van der Waals surface area (Å²) in [4.78, 5) is 12.2. The van der Waals surface area contributed by atoms with E-state index in [0.717, 1.165) is 11.3 Å². The van der Waals surface area contributed by atoms with Crippen molar-refractivity contribution in [2.24, 2.45) is 7.05 Å². The molecule has 0 aliphatic rings.